The van der Waals surface area contributed by atoms with Gasteiger partial charge in [-0.05, 0) is 43.5 Å². The number of nitrogens with one attached hydrogen (secondary N) is 2. The first-order valence-corrected chi connectivity index (χ1v) is 10.8. The van der Waals surface area contributed by atoms with Gasteiger partial charge in [-0.2, -0.15) is 4.72 Å². The highest BCUT2D eigenvalue weighted by Gasteiger charge is 2.37. The van der Waals surface area contributed by atoms with Crippen molar-refractivity contribution in [2.45, 2.75) is 43.0 Å². The van der Waals surface area contributed by atoms with E-state index in [-0.39, 0.29) is 17.3 Å². The molecule has 3 rings (SSSR count). The summed E-state index contributed by atoms with van der Waals surface area (Å²) in [6, 6.07) is 14.2. The number of terminal acetylenes is 1. The quantitative estimate of drug-likeness (QED) is 0.737. The predicted molar refractivity (Wildman–Crippen MR) is 109 cm³/mol. The molecule has 1 aliphatic rings. The van der Waals surface area contributed by atoms with Crippen LogP contribution in [0.25, 0.3) is 0 Å². The lowest BCUT2D eigenvalue weighted by Crippen LogP contribution is -2.43. The molecule has 1 fully saturated rings. The third-order valence-corrected chi connectivity index (χ3v) is 6.55. The average molecular weight is 397 g/mol. The average Bonchev–Trinajstić information content (AvgIpc) is 3.16. The molecule has 0 spiro atoms. The highest BCUT2D eigenvalue weighted by Crippen LogP contribution is 2.39. The molecular weight excluding hydrogens is 372 g/mol. The van der Waals surface area contributed by atoms with Gasteiger partial charge in [0.05, 0.1) is 17.0 Å². The minimum atomic E-state index is -3.75. The fourth-order valence-electron chi connectivity index (χ4n) is 3.72. The summed E-state index contributed by atoms with van der Waals surface area (Å²) < 4.78 is 26.9. The van der Waals surface area contributed by atoms with Gasteiger partial charge in [0, 0.05) is 5.56 Å². The molecule has 2 aromatic carbocycles. The van der Waals surface area contributed by atoms with Crippen LogP contribution in [-0.4, -0.2) is 20.9 Å². The second-order valence-electron chi connectivity index (χ2n) is 7.17. The molecule has 1 saturated carbocycles. The second-order valence-corrected chi connectivity index (χ2v) is 8.94. The molecule has 0 aromatic heterocycles. The van der Waals surface area contributed by atoms with Crippen LogP contribution in [0.5, 0.6) is 0 Å². The Labute approximate surface area is 166 Å². The number of carbonyl (C=O) groups is 1. The molecule has 1 amide bonds. The van der Waals surface area contributed by atoms with Gasteiger partial charge >= 0.3 is 0 Å². The Hall–Kier alpha value is -2.62. The Kier molecular flexibility index (Phi) is 5.87. The molecule has 0 heterocycles. The standard InChI is InChI=1S/C22H24N2O3S/c1-3-14-23-28(26,27)20-11-7-9-18(16-20)21(25)24-22(12-4-5-13-22)19-10-6-8-17(2)15-19/h1,6-11,15-16,23H,4-5,12-14H2,2H3,(H,24,25). The van der Waals surface area contributed by atoms with Crippen LogP contribution < -0.4 is 10.0 Å². The summed E-state index contributed by atoms with van der Waals surface area (Å²) in [7, 11) is -3.75. The summed E-state index contributed by atoms with van der Waals surface area (Å²) in [5.74, 6) is 1.96. The van der Waals surface area contributed by atoms with E-state index in [9.17, 15) is 13.2 Å². The van der Waals surface area contributed by atoms with Gasteiger partial charge < -0.3 is 5.32 Å². The van der Waals surface area contributed by atoms with Crippen molar-refractivity contribution in [2.24, 2.45) is 0 Å². The first kappa shape index (κ1) is 20.1. The number of hydrogen-bond acceptors (Lipinski definition) is 3. The molecule has 0 bridgehead atoms. The summed E-state index contributed by atoms with van der Waals surface area (Å²) in [5.41, 5.74) is 2.13. The van der Waals surface area contributed by atoms with Crippen molar-refractivity contribution >= 4 is 15.9 Å². The number of carbonyl (C=O) groups excluding carboxylic acids is 1. The van der Waals surface area contributed by atoms with E-state index >= 15 is 0 Å². The van der Waals surface area contributed by atoms with Crippen LogP contribution in [0.2, 0.25) is 0 Å². The SMILES string of the molecule is C#CCNS(=O)(=O)c1cccc(C(=O)NC2(c3cccc(C)c3)CCCC2)c1. The van der Waals surface area contributed by atoms with Crippen LogP contribution in [0.1, 0.15) is 47.2 Å². The van der Waals surface area contributed by atoms with Crippen LogP contribution in [0.3, 0.4) is 0 Å². The highest BCUT2D eigenvalue weighted by molar-refractivity contribution is 7.89. The van der Waals surface area contributed by atoms with Crippen molar-refractivity contribution in [3.63, 3.8) is 0 Å². The smallest absolute Gasteiger partial charge is 0.252 e. The van der Waals surface area contributed by atoms with E-state index in [1.54, 1.807) is 12.1 Å². The van der Waals surface area contributed by atoms with Crippen molar-refractivity contribution < 1.29 is 13.2 Å². The molecule has 146 valence electrons. The molecule has 5 nitrogen and oxygen atoms in total. The summed E-state index contributed by atoms with van der Waals surface area (Å²) >= 11 is 0. The van der Waals surface area contributed by atoms with Crippen LogP contribution in [-0.2, 0) is 15.6 Å². The molecule has 0 atom stereocenters. The zero-order valence-electron chi connectivity index (χ0n) is 15.9. The molecule has 1 aliphatic carbocycles. The van der Waals surface area contributed by atoms with Gasteiger partial charge in [0.1, 0.15) is 0 Å². The number of rotatable bonds is 6. The lowest BCUT2D eigenvalue weighted by Gasteiger charge is -2.31. The first-order chi connectivity index (χ1) is 13.4. The van der Waals surface area contributed by atoms with Crippen LogP contribution in [0.4, 0.5) is 0 Å². The Morgan fingerprint density at radius 3 is 2.54 bits per heavy atom. The normalized spacial score (nSPS) is 15.7. The lowest BCUT2D eigenvalue weighted by molar-refractivity contribution is 0.0898. The minimum absolute atomic E-state index is 0.0198. The molecule has 0 unspecified atom stereocenters. The largest absolute Gasteiger partial charge is 0.343 e. The zero-order valence-corrected chi connectivity index (χ0v) is 16.7. The van der Waals surface area contributed by atoms with E-state index in [4.69, 9.17) is 6.42 Å². The van der Waals surface area contributed by atoms with Gasteiger partial charge in [0.2, 0.25) is 10.0 Å². The van der Waals surface area contributed by atoms with Crippen molar-refractivity contribution in [1.82, 2.24) is 10.0 Å². The maximum absolute atomic E-state index is 13.0. The van der Waals surface area contributed by atoms with Gasteiger partial charge in [-0.15, -0.1) is 6.42 Å². The lowest BCUT2D eigenvalue weighted by atomic mass is 9.87. The van der Waals surface area contributed by atoms with E-state index in [2.05, 4.69) is 22.0 Å². The van der Waals surface area contributed by atoms with E-state index < -0.39 is 15.6 Å². The van der Waals surface area contributed by atoms with Crippen molar-refractivity contribution in [1.29, 1.82) is 0 Å². The summed E-state index contributed by atoms with van der Waals surface area (Å²) in [5, 5.41) is 3.19. The van der Waals surface area contributed by atoms with Gasteiger partial charge in [0.15, 0.2) is 0 Å². The Balaban J connectivity index is 1.88. The fraction of sp³-hybridized carbons (Fsp3) is 0.318. The zero-order chi connectivity index (χ0) is 20.2. The van der Waals surface area contributed by atoms with Crippen LogP contribution in [0, 0.1) is 19.3 Å². The number of hydrogen-bond donors (Lipinski definition) is 2. The topological polar surface area (TPSA) is 75.3 Å². The van der Waals surface area contributed by atoms with E-state index in [1.165, 1.54) is 12.1 Å². The monoisotopic (exact) mass is 396 g/mol. The summed E-state index contributed by atoms with van der Waals surface area (Å²) in [6.45, 7) is 1.93. The molecule has 2 aromatic rings. The van der Waals surface area contributed by atoms with Crippen molar-refractivity contribution in [3.8, 4) is 12.3 Å². The summed E-state index contributed by atoms with van der Waals surface area (Å²) in [4.78, 5) is 13.0. The molecule has 0 saturated heterocycles. The van der Waals surface area contributed by atoms with Gasteiger partial charge in [-0.25, -0.2) is 8.42 Å². The van der Waals surface area contributed by atoms with Gasteiger partial charge in [-0.1, -0.05) is 54.7 Å². The second kappa shape index (κ2) is 8.17. The molecule has 0 aliphatic heterocycles. The number of benzene rings is 2. The molecule has 0 radical (unpaired) electrons. The molecule has 28 heavy (non-hydrogen) atoms. The Morgan fingerprint density at radius 2 is 1.86 bits per heavy atom. The van der Waals surface area contributed by atoms with Gasteiger partial charge in [-0.3, -0.25) is 4.79 Å². The van der Waals surface area contributed by atoms with Crippen molar-refractivity contribution in [2.75, 3.05) is 6.54 Å². The minimum Gasteiger partial charge on any atom is -0.343 e. The Morgan fingerprint density at radius 1 is 1.14 bits per heavy atom. The third-order valence-electron chi connectivity index (χ3n) is 5.15. The first-order valence-electron chi connectivity index (χ1n) is 9.29. The van der Waals surface area contributed by atoms with Gasteiger partial charge in [0.25, 0.3) is 5.91 Å². The molecular formula is C22H24N2O3S. The summed E-state index contributed by atoms with van der Waals surface area (Å²) in [6.07, 6.45) is 8.93. The predicted octanol–water partition coefficient (Wildman–Crippen LogP) is 3.11. The highest BCUT2D eigenvalue weighted by atomic mass is 32.2. The van der Waals surface area contributed by atoms with Crippen LogP contribution >= 0.6 is 0 Å². The maximum Gasteiger partial charge on any atom is 0.252 e. The number of amides is 1. The molecule has 6 heteroatoms. The van der Waals surface area contributed by atoms with Crippen molar-refractivity contribution in [3.05, 3.63) is 65.2 Å². The number of sulfonamides is 1. The Bertz CT molecular complexity index is 1020. The van der Waals surface area contributed by atoms with E-state index in [0.29, 0.717) is 5.56 Å². The van der Waals surface area contributed by atoms with Crippen LogP contribution in [0.15, 0.2) is 53.4 Å². The fourth-order valence-corrected chi connectivity index (χ4v) is 4.70. The molecule has 2 N–H and O–H groups in total. The van der Waals surface area contributed by atoms with E-state index in [0.717, 1.165) is 36.8 Å². The van der Waals surface area contributed by atoms with E-state index in [1.807, 2.05) is 25.1 Å². The maximum atomic E-state index is 13.0. The number of aryl methyl sites for hydroxylation is 1. The third kappa shape index (κ3) is 4.27.